The van der Waals surface area contributed by atoms with Crippen LogP contribution in [0, 0.1) is 16.7 Å². The first-order valence-corrected chi connectivity index (χ1v) is 6.42. The summed E-state index contributed by atoms with van der Waals surface area (Å²) in [6.45, 7) is 3.63. The molecule has 3 nitrogen and oxygen atoms in total. The van der Waals surface area contributed by atoms with E-state index in [0.717, 1.165) is 0 Å². The van der Waals surface area contributed by atoms with Crippen LogP contribution in [0.3, 0.4) is 0 Å². The van der Waals surface area contributed by atoms with Crippen LogP contribution in [0.4, 0.5) is 5.69 Å². The Hall–Kier alpha value is -1.24. The number of benzene rings is 1. The van der Waals surface area contributed by atoms with Crippen LogP contribution in [-0.2, 0) is 4.79 Å². The van der Waals surface area contributed by atoms with Crippen molar-refractivity contribution >= 4 is 34.8 Å². The maximum absolute atomic E-state index is 12.1. The molecule has 1 rings (SSSR count). The minimum atomic E-state index is -1.01. The summed E-state index contributed by atoms with van der Waals surface area (Å²) >= 11 is 11.7. The molecular formula is C13H14Cl2N2O. The van der Waals surface area contributed by atoms with Crippen molar-refractivity contribution in [1.29, 1.82) is 5.26 Å². The van der Waals surface area contributed by atoms with E-state index in [2.05, 4.69) is 11.4 Å². The number of nitriles is 1. The molecule has 1 amide bonds. The lowest BCUT2D eigenvalue weighted by Gasteiger charge is -2.22. The summed E-state index contributed by atoms with van der Waals surface area (Å²) in [6.07, 6.45) is 0.911. The Labute approximate surface area is 117 Å². The van der Waals surface area contributed by atoms with Gasteiger partial charge < -0.3 is 5.32 Å². The molecular weight excluding hydrogens is 271 g/mol. The second kappa shape index (κ2) is 6.08. The van der Waals surface area contributed by atoms with Crippen molar-refractivity contribution in [3.63, 3.8) is 0 Å². The topological polar surface area (TPSA) is 52.9 Å². The molecule has 0 fully saturated rings. The molecule has 0 unspecified atom stereocenters. The van der Waals surface area contributed by atoms with Crippen molar-refractivity contribution in [2.45, 2.75) is 26.7 Å². The van der Waals surface area contributed by atoms with Crippen LogP contribution >= 0.6 is 23.2 Å². The molecule has 1 N–H and O–H groups in total. The Kier molecular flexibility index (Phi) is 5.01. The zero-order valence-electron chi connectivity index (χ0n) is 10.3. The fraction of sp³-hybridized carbons (Fsp3) is 0.385. The van der Waals surface area contributed by atoms with Gasteiger partial charge in [0.2, 0.25) is 5.91 Å². The van der Waals surface area contributed by atoms with Gasteiger partial charge in [-0.25, -0.2) is 0 Å². The van der Waals surface area contributed by atoms with E-state index in [4.69, 9.17) is 23.2 Å². The van der Waals surface area contributed by atoms with E-state index >= 15 is 0 Å². The van der Waals surface area contributed by atoms with Gasteiger partial charge in [-0.1, -0.05) is 37.0 Å². The first kappa shape index (κ1) is 14.8. The monoisotopic (exact) mass is 284 g/mol. The molecule has 0 atom stereocenters. The molecule has 18 heavy (non-hydrogen) atoms. The second-order valence-electron chi connectivity index (χ2n) is 3.98. The third-order valence-corrected chi connectivity index (χ3v) is 3.58. The molecule has 0 aromatic heterocycles. The number of hydrogen-bond donors (Lipinski definition) is 1. The van der Waals surface area contributed by atoms with Crippen molar-refractivity contribution in [3.05, 3.63) is 28.2 Å². The second-order valence-corrected chi connectivity index (χ2v) is 4.82. The number of halogens is 2. The third-order valence-electron chi connectivity index (χ3n) is 3.04. The van der Waals surface area contributed by atoms with Crippen LogP contribution in [-0.4, -0.2) is 5.91 Å². The molecule has 1 aromatic rings. The lowest BCUT2D eigenvalue weighted by Crippen LogP contribution is -2.34. The maximum atomic E-state index is 12.1. The number of hydrogen-bond acceptors (Lipinski definition) is 2. The van der Waals surface area contributed by atoms with Crippen molar-refractivity contribution in [2.24, 2.45) is 5.41 Å². The summed E-state index contributed by atoms with van der Waals surface area (Å²) in [6, 6.07) is 6.89. The van der Waals surface area contributed by atoms with E-state index in [1.807, 2.05) is 13.8 Å². The van der Waals surface area contributed by atoms with Gasteiger partial charge >= 0.3 is 0 Å². The Morgan fingerprint density at radius 3 is 2.44 bits per heavy atom. The molecule has 0 radical (unpaired) electrons. The highest BCUT2D eigenvalue weighted by Crippen LogP contribution is 2.30. The summed E-state index contributed by atoms with van der Waals surface area (Å²) < 4.78 is 0. The normalized spacial score (nSPS) is 10.8. The van der Waals surface area contributed by atoms with Crippen LogP contribution in [0.15, 0.2) is 18.2 Å². The van der Waals surface area contributed by atoms with Crippen LogP contribution in [0.25, 0.3) is 0 Å². The quantitative estimate of drug-likeness (QED) is 0.898. The summed E-state index contributed by atoms with van der Waals surface area (Å²) in [4.78, 5) is 12.1. The van der Waals surface area contributed by atoms with E-state index in [1.165, 1.54) is 0 Å². The molecule has 0 aliphatic heterocycles. The summed E-state index contributed by atoms with van der Waals surface area (Å²) in [5, 5.41) is 12.7. The van der Waals surface area contributed by atoms with Crippen molar-refractivity contribution in [1.82, 2.24) is 0 Å². The predicted molar refractivity (Wildman–Crippen MR) is 73.7 cm³/mol. The SMILES string of the molecule is CCC(C#N)(CC)C(=O)Nc1ccc(Cl)cc1Cl. The first-order valence-electron chi connectivity index (χ1n) is 5.67. The van der Waals surface area contributed by atoms with Gasteiger partial charge in [0, 0.05) is 5.02 Å². The van der Waals surface area contributed by atoms with E-state index in [-0.39, 0.29) is 5.91 Å². The Bertz CT molecular complexity index is 490. The largest absolute Gasteiger partial charge is 0.323 e. The molecule has 0 spiro atoms. The van der Waals surface area contributed by atoms with Crippen molar-refractivity contribution in [2.75, 3.05) is 5.32 Å². The molecule has 0 bridgehead atoms. The van der Waals surface area contributed by atoms with E-state index < -0.39 is 5.41 Å². The minimum absolute atomic E-state index is 0.334. The summed E-state index contributed by atoms with van der Waals surface area (Å²) in [5.74, 6) is -0.334. The average Bonchev–Trinajstić information content (AvgIpc) is 2.36. The highest BCUT2D eigenvalue weighted by molar-refractivity contribution is 6.36. The molecule has 0 saturated carbocycles. The molecule has 0 aliphatic carbocycles. The summed E-state index contributed by atoms with van der Waals surface area (Å²) in [5.41, 5.74) is -0.546. The smallest absolute Gasteiger partial charge is 0.244 e. The van der Waals surface area contributed by atoms with Crippen molar-refractivity contribution < 1.29 is 4.79 Å². The van der Waals surface area contributed by atoms with Gasteiger partial charge in [0.25, 0.3) is 0 Å². The Balaban J connectivity index is 2.97. The number of anilines is 1. The molecule has 96 valence electrons. The van der Waals surface area contributed by atoms with Crippen LogP contribution in [0.1, 0.15) is 26.7 Å². The van der Waals surface area contributed by atoms with Gasteiger partial charge in [0.15, 0.2) is 0 Å². The zero-order chi connectivity index (χ0) is 13.8. The lowest BCUT2D eigenvalue weighted by atomic mass is 9.83. The van der Waals surface area contributed by atoms with Gasteiger partial charge in [-0.05, 0) is 31.0 Å². The standard InChI is InChI=1S/C13H14Cl2N2O/c1-3-13(4-2,8-16)12(18)17-11-6-5-9(14)7-10(11)15/h5-7H,3-4H2,1-2H3,(H,17,18). The number of nitrogens with one attached hydrogen (secondary N) is 1. The molecule has 0 saturated heterocycles. The highest BCUT2D eigenvalue weighted by atomic mass is 35.5. The van der Waals surface area contributed by atoms with Crippen LogP contribution in [0.5, 0.6) is 0 Å². The molecule has 1 aromatic carbocycles. The third kappa shape index (κ3) is 2.95. The van der Waals surface area contributed by atoms with Crippen LogP contribution < -0.4 is 5.32 Å². The molecule has 5 heteroatoms. The number of rotatable bonds is 4. The van der Waals surface area contributed by atoms with Gasteiger partial charge in [-0.3, -0.25) is 4.79 Å². The van der Waals surface area contributed by atoms with Crippen LogP contribution in [0.2, 0.25) is 10.0 Å². The van der Waals surface area contributed by atoms with Crippen molar-refractivity contribution in [3.8, 4) is 6.07 Å². The fourth-order valence-electron chi connectivity index (χ4n) is 1.61. The number of amides is 1. The van der Waals surface area contributed by atoms with E-state index in [1.54, 1.807) is 18.2 Å². The van der Waals surface area contributed by atoms with E-state index in [9.17, 15) is 10.1 Å². The van der Waals surface area contributed by atoms with Gasteiger partial charge in [-0.15, -0.1) is 0 Å². The number of carbonyl (C=O) groups excluding carboxylic acids is 1. The van der Waals surface area contributed by atoms with Gasteiger partial charge in [0.1, 0.15) is 5.41 Å². The predicted octanol–water partition coefficient (Wildman–Crippen LogP) is 4.26. The summed E-state index contributed by atoms with van der Waals surface area (Å²) in [7, 11) is 0. The fourth-order valence-corrected chi connectivity index (χ4v) is 2.07. The number of nitrogens with zero attached hydrogens (tertiary/aromatic N) is 1. The first-order chi connectivity index (χ1) is 8.49. The maximum Gasteiger partial charge on any atom is 0.244 e. The molecule has 0 heterocycles. The van der Waals surface area contributed by atoms with E-state index in [0.29, 0.717) is 28.6 Å². The lowest BCUT2D eigenvalue weighted by molar-refractivity contribution is -0.123. The Morgan fingerprint density at radius 1 is 1.39 bits per heavy atom. The minimum Gasteiger partial charge on any atom is -0.323 e. The molecule has 0 aliphatic rings. The van der Waals surface area contributed by atoms with Gasteiger partial charge in [0.05, 0.1) is 16.8 Å². The number of carbonyl (C=O) groups is 1. The highest BCUT2D eigenvalue weighted by Gasteiger charge is 2.35. The average molecular weight is 285 g/mol. The zero-order valence-corrected chi connectivity index (χ0v) is 11.8. The Morgan fingerprint density at radius 2 is 2.00 bits per heavy atom. The van der Waals surface area contributed by atoms with Gasteiger partial charge in [-0.2, -0.15) is 5.26 Å².